The van der Waals surface area contributed by atoms with Crippen LogP contribution in [0.15, 0.2) is 64.8 Å². The summed E-state index contributed by atoms with van der Waals surface area (Å²) in [6.07, 6.45) is 1.84. The van der Waals surface area contributed by atoms with Gasteiger partial charge in [-0.25, -0.2) is 5.01 Å². The topological polar surface area (TPSA) is 65.1 Å². The van der Waals surface area contributed by atoms with Crippen molar-refractivity contribution in [3.05, 3.63) is 69.8 Å². The zero-order valence-electron chi connectivity index (χ0n) is 16.8. The van der Waals surface area contributed by atoms with E-state index in [1.165, 1.54) is 5.01 Å². The summed E-state index contributed by atoms with van der Waals surface area (Å²) in [6, 6.07) is 14.6. The number of ether oxygens (including phenoxy) is 1. The number of carbonyl (C=O) groups excluding carboxylic acids is 2. The highest BCUT2D eigenvalue weighted by atomic mass is 79.9. The molecule has 2 aromatic rings. The fourth-order valence-electron chi connectivity index (χ4n) is 3.39. The standard InChI is InChI=1S/C22H22BrClN4O3/c23-16-1-5-18(6-2-16)28-21(29)10-9-20(25-28)22(30)27-13-11-26(12-14-27)15-31-19-7-3-17(24)4-8-19/h1-9,25H,10-15H2. The molecule has 162 valence electrons. The van der Waals surface area contributed by atoms with Crippen LogP contribution in [0.3, 0.4) is 0 Å². The van der Waals surface area contributed by atoms with Crippen molar-refractivity contribution < 1.29 is 14.3 Å². The second-order valence-corrected chi connectivity index (χ2v) is 8.63. The number of hydrazine groups is 1. The average molecular weight is 506 g/mol. The first-order valence-corrected chi connectivity index (χ1v) is 11.1. The van der Waals surface area contributed by atoms with Crippen molar-refractivity contribution in [1.29, 1.82) is 0 Å². The maximum Gasteiger partial charge on any atom is 0.271 e. The third-order valence-corrected chi connectivity index (χ3v) is 5.95. The van der Waals surface area contributed by atoms with E-state index in [4.69, 9.17) is 16.3 Å². The summed E-state index contributed by atoms with van der Waals surface area (Å²) in [7, 11) is 0. The van der Waals surface area contributed by atoms with Crippen molar-refractivity contribution >= 4 is 45.0 Å². The molecule has 2 aliphatic rings. The molecule has 9 heteroatoms. The van der Waals surface area contributed by atoms with Crippen LogP contribution < -0.4 is 15.2 Å². The van der Waals surface area contributed by atoms with Crippen molar-refractivity contribution in [1.82, 2.24) is 15.2 Å². The van der Waals surface area contributed by atoms with Gasteiger partial charge in [-0.3, -0.25) is 19.9 Å². The normalized spacial score (nSPS) is 17.2. The van der Waals surface area contributed by atoms with Crippen LogP contribution in [0.5, 0.6) is 5.75 Å². The Balaban J connectivity index is 1.30. The monoisotopic (exact) mass is 504 g/mol. The van der Waals surface area contributed by atoms with Crippen molar-refractivity contribution in [2.24, 2.45) is 0 Å². The summed E-state index contributed by atoms with van der Waals surface area (Å²) in [5.74, 6) is 0.549. The molecule has 2 aliphatic heterocycles. The van der Waals surface area contributed by atoms with Crippen LogP contribution >= 0.6 is 27.5 Å². The number of rotatable bonds is 5. The molecule has 31 heavy (non-hydrogen) atoms. The molecule has 2 amide bonds. The third kappa shape index (κ3) is 5.39. The quantitative estimate of drug-likeness (QED) is 0.675. The molecule has 0 saturated carbocycles. The Morgan fingerprint density at radius 3 is 2.39 bits per heavy atom. The average Bonchev–Trinajstić information content (AvgIpc) is 2.80. The van der Waals surface area contributed by atoms with Crippen molar-refractivity contribution in [2.75, 3.05) is 37.9 Å². The van der Waals surface area contributed by atoms with Gasteiger partial charge in [0.1, 0.15) is 18.2 Å². The zero-order chi connectivity index (χ0) is 21.8. The highest BCUT2D eigenvalue weighted by Gasteiger charge is 2.29. The first-order chi connectivity index (χ1) is 15.0. The van der Waals surface area contributed by atoms with E-state index in [1.54, 1.807) is 23.1 Å². The van der Waals surface area contributed by atoms with Crippen molar-refractivity contribution in [2.45, 2.75) is 6.42 Å². The lowest BCUT2D eigenvalue weighted by molar-refractivity contribution is -0.130. The Bertz CT molecular complexity index is 973. The number of benzene rings is 2. The Morgan fingerprint density at radius 2 is 1.71 bits per heavy atom. The number of halogens is 2. The van der Waals surface area contributed by atoms with Crippen molar-refractivity contribution in [3.8, 4) is 5.75 Å². The van der Waals surface area contributed by atoms with Crippen LogP contribution in [0.1, 0.15) is 6.42 Å². The molecular weight excluding hydrogens is 484 g/mol. The van der Waals surface area contributed by atoms with Gasteiger partial charge in [0, 0.05) is 42.1 Å². The molecule has 2 heterocycles. The number of piperazine rings is 1. The predicted molar refractivity (Wildman–Crippen MR) is 123 cm³/mol. The number of hydrogen-bond donors (Lipinski definition) is 1. The minimum absolute atomic E-state index is 0.104. The van der Waals surface area contributed by atoms with E-state index in [-0.39, 0.29) is 18.2 Å². The van der Waals surface area contributed by atoms with Gasteiger partial charge in [0.05, 0.1) is 5.69 Å². The number of carbonyl (C=O) groups is 2. The largest absolute Gasteiger partial charge is 0.478 e. The predicted octanol–water partition coefficient (Wildman–Crippen LogP) is 3.41. The molecule has 0 unspecified atom stereocenters. The van der Waals surface area contributed by atoms with Gasteiger partial charge in [0.15, 0.2) is 0 Å². The SMILES string of the molecule is O=C(C1=CCC(=O)N(c2ccc(Br)cc2)N1)N1CCN(COc2ccc(Cl)cc2)CC1. The zero-order valence-corrected chi connectivity index (χ0v) is 19.1. The van der Waals surface area contributed by atoms with E-state index in [1.807, 2.05) is 36.4 Å². The van der Waals surface area contributed by atoms with E-state index in [2.05, 4.69) is 26.3 Å². The Labute approximate surface area is 194 Å². The lowest BCUT2D eigenvalue weighted by atomic mass is 10.2. The molecule has 1 fully saturated rings. The van der Waals surface area contributed by atoms with E-state index >= 15 is 0 Å². The van der Waals surface area contributed by atoms with Crippen LogP contribution in [-0.4, -0.2) is 54.5 Å². The van der Waals surface area contributed by atoms with Crippen molar-refractivity contribution in [3.63, 3.8) is 0 Å². The minimum atomic E-state index is -0.108. The summed E-state index contributed by atoms with van der Waals surface area (Å²) in [4.78, 5) is 29.3. The van der Waals surface area contributed by atoms with Gasteiger partial charge >= 0.3 is 0 Å². The molecule has 2 aromatic carbocycles. The van der Waals surface area contributed by atoms with Gasteiger partial charge < -0.3 is 9.64 Å². The van der Waals surface area contributed by atoms with Gasteiger partial charge in [-0.05, 0) is 54.6 Å². The summed E-state index contributed by atoms with van der Waals surface area (Å²) in [6.45, 7) is 3.06. The molecule has 0 radical (unpaired) electrons. The fraction of sp³-hybridized carbons (Fsp3) is 0.273. The highest BCUT2D eigenvalue weighted by molar-refractivity contribution is 9.10. The summed E-state index contributed by atoms with van der Waals surface area (Å²) in [5, 5.41) is 2.10. The molecule has 1 saturated heterocycles. The maximum absolute atomic E-state index is 13.0. The second-order valence-electron chi connectivity index (χ2n) is 7.28. The molecule has 0 aromatic heterocycles. The highest BCUT2D eigenvalue weighted by Crippen LogP contribution is 2.21. The number of anilines is 1. The molecule has 1 N–H and O–H groups in total. The van der Waals surface area contributed by atoms with E-state index in [0.29, 0.717) is 49.3 Å². The van der Waals surface area contributed by atoms with E-state index < -0.39 is 0 Å². The second kappa shape index (κ2) is 9.72. The molecule has 0 atom stereocenters. The van der Waals surface area contributed by atoms with E-state index in [0.717, 1.165) is 10.2 Å². The third-order valence-electron chi connectivity index (χ3n) is 5.16. The lowest BCUT2D eigenvalue weighted by Crippen LogP contribution is -2.54. The lowest BCUT2D eigenvalue weighted by Gasteiger charge is -2.36. The van der Waals surface area contributed by atoms with E-state index in [9.17, 15) is 9.59 Å². The molecule has 0 aliphatic carbocycles. The Morgan fingerprint density at radius 1 is 1.03 bits per heavy atom. The Kier molecular flexibility index (Phi) is 6.80. The van der Waals surface area contributed by atoms with Crippen LogP contribution in [0.4, 0.5) is 5.69 Å². The van der Waals surface area contributed by atoms with Gasteiger partial charge in [-0.1, -0.05) is 27.5 Å². The van der Waals surface area contributed by atoms with Gasteiger partial charge in [0.2, 0.25) is 5.91 Å². The smallest absolute Gasteiger partial charge is 0.271 e. The maximum atomic E-state index is 13.0. The molecule has 4 rings (SSSR count). The summed E-state index contributed by atoms with van der Waals surface area (Å²) in [5.41, 5.74) is 4.10. The summed E-state index contributed by atoms with van der Waals surface area (Å²) >= 11 is 9.28. The number of nitrogens with one attached hydrogen (secondary N) is 1. The van der Waals surface area contributed by atoms with Crippen LogP contribution in [0.2, 0.25) is 5.02 Å². The number of amides is 2. The van der Waals surface area contributed by atoms with Gasteiger partial charge in [0.25, 0.3) is 5.91 Å². The van der Waals surface area contributed by atoms with Crippen LogP contribution in [-0.2, 0) is 9.59 Å². The Hall–Kier alpha value is -2.55. The van der Waals surface area contributed by atoms with Crippen LogP contribution in [0.25, 0.3) is 0 Å². The number of hydrogen-bond acceptors (Lipinski definition) is 5. The molecule has 0 bridgehead atoms. The molecular formula is C22H22BrClN4O3. The molecule has 0 spiro atoms. The van der Waals surface area contributed by atoms with Crippen LogP contribution in [0, 0.1) is 0 Å². The fourth-order valence-corrected chi connectivity index (χ4v) is 3.78. The minimum Gasteiger partial charge on any atom is -0.478 e. The van der Waals surface area contributed by atoms with Gasteiger partial charge in [-0.2, -0.15) is 0 Å². The summed E-state index contributed by atoms with van der Waals surface area (Å²) < 4.78 is 6.71. The number of nitrogens with zero attached hydrogens (tertiary/aromatic N) is 3. The molecule has 7 nitrogen and oxygen atoms in total. The first-order valence-electron chi connectivity index (χ1n) is 9.95. The van der Waals surface area contributed by atoms with Gasteiger partial charge in [-0.15, -0.1) is 0 Å². The first kappa shape index (κ1) is 21.7.